The van der Waals surface area contributed by atoms with Gasteiger partial charge in [0, 0.05) is 14.2 Å². The first kappa shape index (κ1) is 24.0. The van der Waals surface area contributed by atoms with Gasteiger partial charge in [0.15, 0.2) is 11.5 Å². The number of nitrogen functional groups attached to an aromatic ring is 1. The average Bonchev–Trinajstić information content (AvgIpc) is 3.14. The molecule has 0 saturated carbocycles. The Morgan fingerprint density at radius 1 is 1.24 bits per heavy atom. The van der Waals surface area contributed by atoms with Crippen molar-refractivity contribution in [3.8, 4) is 0 Å². The summed E-state index contributed by atoms with van der Waals surface area (Å²) < 4.78 is 29.1. The van der Waals surface area contributed by atoms with Gasteiger partial charge in [-0.15, -0.1) is 0 Å². The Labute approximate surface area is 174 Å². The van der Waals surface area contributed by atoms with Crippen molar-refractivity contribution in [3.05, 3.63) is 12.7 Å². The highest BCUT2D eigenvalue weighted by molar-refractivity contribution is 8.07. The summed E-state index contributed by atoms with van der Waals surface area (Å²) >= 11 is 5.00. The van der Waals surface area contributed by atoms with Gasteiger partial charge in [-0.2, -0.15) is 0 Å². The van der Waals surface area contributed by atoms with Crippen molar-refractivity contribution in [2.45, 2.75) is 38.7 Å². The van der Waals surface area contributed by atoms with Crippen LogP contribution in [0, 0.1) is 0 Å². The Hall–Kier alpha value is -1.24. The molecular formula is C16H28N5O6PS. The number of methoxy groups -OCH3 is 1. The van der Waals surface area contributed by atoms with Crippen LogP contribution in [-0.4, -0.2) is 70.7 Å². The zero-order chi connectivity index (χ0) is 21.4. The topological polar surface area (TPSA) is 136 Å². The van der Waals surface area contributed by atoms with Crippen molar-refractivity contribution in [2.75, 3.05) is 39.8 Å². The predicted octanol–water partition coefficient (Wildman–Crippen LogP) is 1.63. The van der Waals surface area contributed by atoms with Crippen LogP contribution in [0.3, 0.4) is 0 Å². The number of nitrogens with zero attached hydrogens (tertiary/aromatic N) is 4. The maximum absolute atomic E-state index is 10.1. The van der Waals surface area contributed by atoms with Crippen LogP contribution in [0.4, 0.5) is 5.82 Å². The molecule has 0 aliphatic carbocycles. The molecule has 0 amide bonds. The first-order valence-corrected chi connectivity index (χ1v) is 11.6. The molecule has 4 atom stereocenters. The molecule has 13 heteroatoms. The summed E-state index contributed by atoms with van der Waals surface area (Å²) in [6.45, 7) is 1.31. The van der Waals surface area contributed by atoms with Crippen molar-refractivity contribution >= 4 is 35.5 Å². The summed E-state index contributed by atoms with van der Waals surface area (Å²) in [6.07, 6.45) is 1.98. The molecule has 164 valence electrons. The van der Waals surface area contributed by atoms with Gasteiger partial charge in [-0.05, 0) is 25.2 Å². The molecule has 2 aromatic rings. The molecule has 3 N–H and O–H groups in total. The minimum absolute atomic E-state index is 0.149. The maximum atomic E-state index is 10.1. The lowest BCUT2D eigenvalue weighted by Crippen LogP contribution is -2.36. The molecule has 3 unspecified atom stereocenters. The van der Waals surface area contributed by atoms with E-state index in [-0.39, 0.29) is 6.61 Å². The van der Waals surface area contributed by atoms with Crippen LogP contribution >= 0.6 is 6.72 Å². The van der Waals surface area contributed by atoms with E-state index in [4.69, 9.17) is 40.8 Å². The first-order valence-electron chi connectivity index (χ1n) is 9.05. The van der Waals surface area contributed by atoms with Gasteiger partial charge in [0.25, 0.3) is 0 Å². The lowest BCUT2D eigenvalue weighted by Gasteiger charge is -2.31. The third-order valence-corrected chi connectivity index (χ3v) is 5.88. The number of rotatable bonds is 13. The van der Waals surface area contributed by atoms with E-state index >= 15 is 0 Å². The molecule has 11 nitrogen and oxygen atoms in total. The van der Waals surface area contributed by atoms with E-state index in [0.717, 1.165) is 0 Å². The number of imidazole rings is 1. The number of aromatic nitrogens is 4. The second-order valence-corrected chi connectivity index (χ2v) is 9.03. The van der Waals surface area contributed by atoms with E-state index in [0.29, 0.717) is 36.6 Å². The van der Waals surface area contributed by atoms with Gasteiger partial charge >= 0.3 is 6.72 Å². The zero-order valence-electron chi connectivity index (χ0n) is 16.9. The minimum atomic E-state index is -3.42. The second-order valence-electron chi connectivity index (χ2n) is 6.13. The summed E-state index contributed by atoms with van der Waals surface area (Å²) in [5.74, 6) is 0.293. The number of hydrogen-bond acceptors (Lipinski definition) is 10. The standard InChI is InChI=1S/C16H28N5O6PS/c1-5-12(13(8-25-7-6-23-3)27-28(22,29)24-4)26-11(2)21-10-20-14-15(17)18-9-19-16(14)21/h9-13H,5-8H2,1-4H3,(H,22,29)(H2,17,18,19)/t11?,12-,13?,28?/m0/s1. The monoisotopic (exact) mass is 449 g/mol. The van der Waals surface area contributed by atoms with Gasteiger partial charge in [0.05, 0.1) is 32.3 Å². The van der Waals surface area contributed by atoms with Gasteiger partial charge in [0.2, 0.25) is 0 Å². The Kier molecular flexibility index (Phi) is 9.31. The van der Waals surface area contributed by atoms with Crippen molar-refractivity contribution in [2.24, 2.45) is 0 Å². The van der Waals surface area contributed by atoms with E-state index in [1.54, 1.807) is 18.0 Å². The normalized spacial score (nSPS) is 17.1. The van der Waals surface area contributed by atoms with Crippen molar-refractivity contribution in [1.82, 2.24) is 19.5 Å². The SMILES string of the molecule is CC[C@H](OC(C)n1cnc2c(N)ncnc21)C(COCCOC)OP(O)(=S)OC. The highest BCUT2D eigenvalue weighted by atomic mass is 32.5. The number of anilines is 1. The summed E-state index contributed by atoms with van der Waals surface area (Å²) in [5.41, 5.74) is 6.90. The fraction of sp³-hybridized carbons (Fsp3) is 0.688. The Morgan fingerprint density at radius 2 is 2.00 bits per heavy atom. The molecule has 0 aliphatic rings. The molecule has 0 aromatic carbocycles. The molecule has 0 aliphatic heterocycles. The Balaban J connectivity index is 2.16. The van der Waals surface area contributed by atoms with Gasteiger partial charge in [-0.25, -0.2) is 15.0 Å². The summed E-state index contributed by atoms with van der Waals surface area (Å²) in [4.78, 5) is 22.6. The number of nitrogens with two attached hydrogens (primary N) is 1. The van der Waals surface area contributed by atoms with Gasteiger partial charge in [-0.1, -0.05) is 6.92 Å². The third kappa shape index (κ3) is 6.63. The van der Waals surface area contributed by atoms with E-state index in [2.05, 4.69) is 15.0 Å². The molecule has 0 radical (unpaired) electrons. The summed E-state index contributed by atoms with van der Waals surface area (Å²) in [7, 11) is 2.89. The number of fused-ring (bicyclic) bond motifs is 1. The molecule has 2 aromatic heterocycles. The zero-order valence-corrected chi connectivity index (χ0v) is 18.6. The van der Waals surface area contributed by atoms with Crippen LogP contribution in [0.25, 0.3) is 11.2 Å². The predicted molar refractivity (Wildman–Crippen MR) is 111 cm³/mol. The van der Waals surface area contributed by atoms with Crippen molar-refractivity contribution < 1.29 is 28.2 Å². The maximum Gasteiger partial charge on any atom is 0.324 e. The quantitative estimate of drug-likeness (QED) is 0.341. The number of ether oxygens (including phenoxy) is 3. The third-order valence-electron chi connectivity index (χ3n) is 4.18. The molecule has 29 heavy (non-hydrogen) atoms. The van der Waals surface area contributed by atoms with E-state index in [1.165, 1.54) is 13.4 Å². The molecule has 0 fully saturated rings. The highest BCUT2D eigenvalue weighted by Gasteiger charge is 2.30. The van der Waals surface area contributed by atoms with Crippen molar-refractivity contribution in [3.63, 3.8) is 0 Å². The van der Waals surface area contributed by atoms with Gasteiger partial charge < -0.3 is 33.9 Å². The van der Waals surface area contributed by atoms with Crippen molar-refractivity contribution in [1.29, 1.82) is 0 Å². The van der Waals surface area contributed by atoms with Crippen LogP contribution in [0.2, 0.25) is 0 Å². The highest BCUT2D eigenvalue weighted by Crippen LogP contribution is 2.45. The molecule has 0 saturated heterocycles. The van der Waals surface area contributed by atoms with Gasteiger partial charge in [-0.3, -0.25) is 4.57 Å². The molecular weight excluding hydrogens is 421 g/mol. The molecule has 2 rings (SSSR count). The largest absolute Gasteiger partial charge is 0.382 e. The fourth-order valence-electron chi connectivity index (χ4n) is 2.66. The Morgan fingerprint density at radius 3 is 2.66 bits per heavy atom. The van der Waals surface area contributed by atoms with E-state index in [1.807, 2.05) is 13.8 Å². The summed E-state index contributed by atoms with van der Waals surface area (Å²) in [6, 6.07) is 0. The molecule has 2 heterocycles. The van der Waals surface area contributed by atoms with Crippen LogP contribution in [0.5, 0.6) is 0 Å². The lowest BCUT2D eigenvalue weighted by atomic mass is 10.1. The smallest absolute Gasteiger partial charge is 0.324 e. The van der Waals surface area contributed by atoms with Crippen LogP contribution < -0.4 is 5.73 Å². The first-order chi connectivity index (χ1) is 13.8. The molecule has 0 bridgehead atoms. The Bertz CT molecular complexity index is 824. The van der Waals surface area contributed by atoms with E-state index < -0.39 is 25.2 Å². The molecule has 0 spiro atoms. The average molecular weight is 449 g/mol. The van der Waals surface area contributed by atoms with Crippen LogP contribution in [-0.2, 0) is 35.1 Å². The minimum Gasteiger partial charge on any atom is -0.382 e. The second kappa shape index (κ2) is 11.2. The summed E-state index contributed by atoms with van der Waals surface area (Å²) in [5, 5.41) is 0. The van der Waals surface area contributed by atoms with Crippen LogP contribution in [0.1, 0.15) is 26.5 Å². The van der Waals surface area contributed by atoms with Gasteiger partial charge in [0.1, 0.15) is 24.2 Å². The number of hydrogen-bond donors (Lipinski definition) is 2. The van der Waals surface area contributed by atoms with Crippen LogP contribution in [0.15, 0.2) is 12.7 Å². The van der Waals surface area contributed by atoms with E-state index in [9.17, 15) is 4.89 Å². The lowest BCUT2D eigenvalue weighted by molar-refractivity contribution is -0.113. The fourth-order valence-corrected chi connectivity index (χ4v) is 3.62.